The second-order valence-electron chi connectivity index (χ2n) is 8.88. The van der Waals surface area contributed by atoms with Crippen LogP contribution in [0.2, 0.25) is 0 Å². The standard InChI is InChI=1S/C26H26BrF3N4O4S/c1-37-20-12-21(18(27)11-17(20)23(31)33-25(35)36)38-14-22-19(13-34-9-3-2-4-10-34)32-24(39-22)15-5-7-16(8-6-15)26(28,29)30/h5-8,11-12H,2-4,9-10,13-14H2,1H3,(H2,31,33)(H,35,36). The van der Waals surface area contributed by atoms with Gasteiger partial charge in [-0.25, -0.2) is 9.78 Å². The maximum Gasteiger partial charge on any atom is 0.416 e. The molecule has 0 unspecified atom stereocenters. The Morgan fingerprint density at radius 1 is 1.18 bits per heavy atom. The Morgan fingerprint density at radius 3 is 2.49 bits per heavy atom. The van der Waals surface area contributed by atoms with E-state index in [1.54, 1.807) is 6.07 Å². The third-order valence-corrected chi connectivity index (χ3v) is 7.91. The summed E-state index contributed by atoms with van der Waals surface area (Å²) in [5.74, 6) is 0.307. The zero-order valence-electron chi connectivity index (χ0n) is 20.9. The monoisotopic (exact) mass is 626 g/mol. The SMILES string of the molecule is COc1cc(OCc2sc(-c3ccc(C(F)(F)F)cc3)nc2CN2CCCCC2)c(Br)cc1C(=N)NC(=O)O. The first-order chi connectivity index (χ1) is 18.5. The summed E-state index contributed by atoms with van der Waals surface area (Å²) in [7, 11) is 1.40. The Kier molecular flexibility index (Phi) is 9.13. The lowest BCUT2D eigenvalue weighted by Crippen LogP contribution is -2.29. The molecule has 0 spiro atoms. The first-order valence-electron chi connectivity index (χ1n) is 12.0. The highest BCUT2D eigenvalue weighted by Gasteiger charge is 2.30. The van der Waals surface area contributed by atoms with Crippen LogP contribution in [0, 0.1) is 5.41 Å². The molecule has 1 aliphatic heterocycles. The minimum atomic E-state index is -4.41. The number of benzene rings is 2. The number of thiazole rings is 1. The molecule has 4 rings (SSSR count). The van der Waals surface area contributed by atoms with Crippen LogP contribution in [0.1, 0.15) is 41.0 Å². The van der Waals surface area contributed by atoms with E-state index in [0.717, 1.165) is 48.6 Å². The number of nitrogens with zero attached hydrogens (tertiary/aromatic N) is 2. The van der Waals surface area contributed by atoms with Crippen molar-refractivity contribution in [2.45, 2.75) is 38.6 Å². The summed E-state index contributed by atoms with van der Waals surface area (Å²) in [6.07, 6.45) is -2.38. The van der Waals surface area contributed by atoms with Crippen molar-refractivity contribution in [3.05, 3.63) is 62.6 Å². The molecule has 13 heteroatoms. The molecule has 0 aliphatic carbocycles. The van der Waals surface area contributed by atoms with Crippen LogP contribution in [0.4, 0.5) is 18.0 Å². The summed E-state index contributed by atoms with van der Waals surface area (Å²) < 4.78 is 51.0. The van der Waals surface area contributed by atoms with Gasteiger partial charge in [-0.15, -0.1) is 11.3 Å². The molecule has 2 heterocycles. The molecule has 1 aromatic heterocycles. The minimum Gasteiger partial charge on any atom is -0.496 e. The first kappa shape index (κ1) is 28.8. The maximum absolute atomic E-state index is 13.0. The van der Waals surface area contributed by atoms with Crippen LogP contribution < -0.4 is 14.8 Å². The molecule has 0 saturated carbocycles. The van der Waals surface area contributed by atoms with Gasteiger partial charge in [0.1, 0.15) is 28.9 Å². The molecular formula is C26H26BrF3N4O4S. The van der Waals surface area contributed by atoms with Gasteiger partial charge in [0, 0.05) is 18.2 Å². The molecule has 0 bridgehead atoms. The fourth-order valence-corrected chi connectivity index (χ4v) is 5.65. The van der Waals surface area contributed by atoms with Crippen molar-refractivity contribution < 1.29 is 32.5 Å². The number of carboxylic acid groups (broad SMARTS) is 1. The zero-order chi connectivity index (χ0) is 28.2. The lowest BCUT2D eigenvalue weighted by atomic mass is 10.1. The van der Waals surface area contributed by atoms with E-state index >= 15 is 0 Å². The van der Waals surface area contributed by atoms with Crippen LogP contribution in [-0.4, -0.2) is 47.1 Å². The van der Waals surface area contributed by atoms with E-state index in [1.165, 1.54) is 43.1 Å². The highest BCUT2D eigenvalue weighted by atomic mass is 79.9. The predicted molar refractivity (Wildman–Crippen MR) is 145 cm³/mol. The number of piperidine rings is 1. The molecule has 1 saturated heterocycles. The lowest BCUT2D eigenvalue weighted by molar-refractivity contribution is -0.137. The number of halogens is 4. The van der Waals surface area contributed by atoms with Crippen LogP contribution in [0.5, 0.6) is 11.5 Å². The second-order valence-corrected chi connectivity index (χ2v) is 10.8. The highest BCUT2D eigenvalue weighted by Crippen LogP contribution is 2.36. The molecule has 1 fully saturated rings. The van der Waals surface area contributed by atoms with E-state index in [9.17, 15) is 18.0 Å². The summed E-state index contributed by atoms with van der Waals surface area (Å²) in [6.45, 7) is 2.66. The number of rotatable bonds is 8. The number of alkyl halides is 3. The number of methoxy groups -OCH3 is 1. The van der Waals surface area contributed by atoms with Crippen molar-refractivity contribution in [3.63, 3.8) is 0 Å². The summed E-state index contributed by atoms with van der Waals surface area (Å²) >= 11 is 4.78. The van der Waals surface area contributed by atoms with Crippen LogP contribution in [0.3, 0.4) is 0 Å². The normalized spacial score (nSPS) is 14.2. The van der Waals surface area contributed by atoms with Crippen LogP contribution in [0.15, 0.2) is 40.9 Å². The van der Waals surface area contributed by atoms with Crippen molar-refractivity contribution in [2.75, 3.05) is 20.2 Å². The molecule has 0 atom stereocenters. The number of aromatic nitrogens is 1. The average Bonchev–Trinajstić information content (AvgIpc) is 3.30. The van der Waals surface area contributed by atoms with Gasteiger partial charge in [0.15, 0.2) is 0 Å². The van der Waals surface area contributed by atoms with Gasteiger partial charge in [-0.2, -0.15) is 13.2 Å². The van der Waals surface area contributed by atoms with Gasteiger partial charge >= 0.3 is 12.3 Å². The van der Waals surface area contributed by atoms with E-state index < -0.39 is 17.8 Å². The van der Waals surface area contributed by atoms with Crippen molar-refractivity contribution >= 4 is 39.2 Å². The van der Waals surface area contributed by atoms with Gasteiger partial charge in [-0.1, -0.05) is 18.6 Å². The number of nitrogens with one attached hydrogen (secondary N) is 2. The Labute approximate surface area is 235 Å². The fraction of sp³-hybridized carbons (Fsp3) is 0.346. The zero-order valence-corrected chi connectivity index (χ0v) is 23.3. The highest BCUT2D eigenvalue weighted by molar-refractivity contribution is 9.10. The van der Waals surface area contributed by atoms with Crippen LogP contribution in [0.25, 0.3) is 10.6 Å². The number of hydrogen-bond acceptors (Lipinski definition) is 7. The molecule has 208 valence electrons. The number of hydrogen-bond donors (Lipinski definition) is 3. The number of carbonyl (C=O) groups is 1. The van der Waals surface area contributed by atoms with Crippen molar-refractivity contribution in [3.8, 4) is 22.1 Å². The quantitative estimate of drug-likeness (QED) is 0.188. The largest absolute Gasteiger partial charge is 0.496 e. The van der Waals surface area contributed by atoms with E-state index in [4.69, 9.17) is 25.0 Å². The maximum atomic E-state index is 13.0. The molecule has 1 aliphatic rings. The van der Waals surface area contributed by atoms with E-state index in [2.05, 4.69) is 20.8 Å². The summed E-state index contributed by atoms with van der Waals surface area (Å²) in [6, 6.07) is 8.05. The minimum absolute atomic E-state index is 0.146. The number of amidine groups is 1. The Hall–Kier alpha value is -3.16. The first-order valence-corrected chi connectivity index (χ1v) is 13.6. The van der Waals surface area contributed by atoms with Crippen molar-refractivity contribution in [2.24, 2.45) is 0 Å². The van der Waals surface area contributed by atoms with E-state index in [-0.39, 0.29) is 23.8 Å². The van der Waals surface area contributed by atoms with Crippen molar-refractivity contribution in [1.29, 1.82) is 5.41 Å². The molecular weight excluding hydrogens is 601 g/mol. The van der Waals surface area contributed by atoms with Gasteiger partial charge in [-0.05, 0) is 60.1 Å². The topological polar surface area (TPSA) is 108 Å². The van der Waals surface area contributed by atoms with Gasteiger partial charge < -0.3 is 14.6 Å². The smallest absolute Gasteiger partial charge is 0.416 e. The van der Waals surface area contributed by atoms with Crippen LogP contribution in [-0.2, 0) is 19.3 Å². The fourth-order valence-electron chi connectivity index (χ4n) is 4.20. The van der Waals surface area contributed by atoms with Gasteiger partial charge in [0.2, 0.25) is 0 Å². The van der Waals surface area contributed by atoms with Gasteiger partial charge in [-0.3, -0.25) is 15.6 Å². The summed E-state index contributed by atoms with van der Waals surface area (Å²) in [5, 5.41) is 19.5. The average molecular weight is 627 g/mol. The predicted octanol–water partition coefficient (Wildman–Crippen LogP) is 6.76. The van der Waals surface area contributed by atoms with Crippen molar-refractivity contribution in [1.82, 2.24) is 15.2 Å². The second kappa shape index (κ2) is 12.3. The Morgan fingerprint density at radius 2 is 1.87 bits per heavy atom. The number of amides is 1. The molecule has 3 aromatic rings. The van der Waals surface area contributed by atoms with Gasteiger partial charge in [0.25, 0.3) is 0 Å². The summed E-state index contributed by atoms with van der Waals surface area (Å²) in [5.41, 5.74) is 0.917. The van der Waals surface area contributed by atoms with E-state index in [1.807, 2.05) is 5.32 Å². The third kappa shape index (κ3) is 7.28. The van der Waals surface area contributed by atoms with E-state index in [0.29, 0.717) is 27.3 Å². The Balaban J connectivity index is 1.60. The summed E-state index contributed by atoms with van der Waals surface area (Å²) in [4.78, 5) is 18.9. The van der Waals surface area contributed by atoms with Crippen LogP contribution >= 0.6 is 27.3 Å². The van der Waals surface area contributed by atoms with Gasteiger partial charge in [0.05, 0.1) is 33.3 Å². The molecule has 2 aromatic carbocycles. The Bertz CT molecular complexity index is 1340. The molecule has 3 N–H and O–H groups in total. The molecule has 39 heavy (non-hydrogen) atoms. The molecule has 1 amide bonds. The molecule has 8 nitrogen and oxygen atoms in total. The molecule has 0 radical (unpaired) electrons. The lowest BCUT2D eigenvalue weighted by Gasteiger charge is -2.25. The number of likely N-dealkylation sites (tertiary alicyclic amines) is 1. The number of ether oxygens (including phenoxy) is 2. The third-order valence-electron chi connectivity index (χ3n) is 6.17.